The number of piperazine rings is 1. The Labute approximate surface area is 158 Å². The number of Topliss-reactive ketones (excluding diaryl/α,β-unsaturated/α-hetero) is 1. The molecule has 0 spiro atoms. The number of likely N-dealkylation sites (N-methyl/N-ethyl adjacent to an activating group) is 1. The predicted molar refractivity (Wildman–Crippen MR) is 105 cm³/mol. The van der Waals surface area contributed by atoms with Crippen LogP contribution in [-0.4, -0.2) is 83.9 Å². The van der Waals surface area contributed by atoms with Crippen LogP contribution in [0.5, 0.6) is 0 Å². The van der Waals surface area contributed by atoms with Crippen LogP contribution in [0.2, 0.25) is 0 Å². The molecule has 5 nitrogen and oxygen atoms in total. The summed E-state index contributed by atoms with van der Waals surface area (Å²) in [4.78, 5) is 25.2. The summed E-state index contributed by atoms with van der Waals surface area (Å²) in [6.07, 6.45) is 5.00. The first-order valence-electron chi connectivity index (χ1n) is 10.1. The maximum absolute atomic E-state index is 13.5. The van der Waals surface area contributed by atoms with Gasteiger partial charge in [-0.05, 0) is 57.5 Å². The van der Waals surface area contributed by atoms with E-state index >= 15 is 0 Å². The molecule has 2 saturated heterocycles. The molecule has 2 aliphatic heterocycles. The third-order valence-corrected chi connectivity index (χ3v) is 5.98. The molecule has 3 rings (SSSR count). The van der Waals surface area contributed by atoms with E-state index < -0.39 is 5.54 Å². The highest BCUT2D eigenvalue weighted by Crippen LogP contribution is 2.31. The number of hydrogen-bond acceptors (Lipinski definition) is 5. The van der Waals surface area contributed by atoms with E-state index in [2.05, 4.69) is 40.6 Å². The number of rotatable bonds is 6. The van der Waals surface area contributed by atoms with Crippen molar-refractivity contribution in [3.8, 4) is 0 Å². The number of ketones is 1. The van der Waals surface area contributed by atoms with Crippen molar-refractivity contribution < 1.29 is 4.79 Å². The molecule has 1 aromatic heterocycles. The molecule has 1 aromatic rings. The van der Waals surface area contributed by atoms with Crippen molar-refractivity contribution >= 4 is 5.78 Å². The molecule has 0 saturated carbocycles. The van der Waals surface area contributed by atoms with E-state index in [1.807, 2.05) is 18.2 Å². The van der Waals surface area contributed by atoms with Crippen LogP contribution in [0.3, 0.4) is 0 Å². The van der Waals surface area contributed by atoms with Crippen molar-refractivity contribution in [1.29, 1.82) is 0 Å². The fraction of sp³-hybridized carbons (Fsp3) is 0.714. The van der Waals surface area contributed by atoms with E-state index in [1.54, 1.807) is 6.20 Å². The minimum atomic E-state index is -0.411. The average Bonchev–Trinajstić information content (AvgIpc) is 2.66. The van der Waals surface area contributed by atoms with E-state index in [-0.39, 0.29) is 5.78 Å². The smallest absolute Gasteiger partial charge is 0.202 e. The summed E-state index contributed by atoms with van der Waals surface area (Å²) >= 11 is 0. The van der Waals surface area contributed by atoms with Crippen LogP contribution >= 0.6 is 0 Å². The number of pyridine rings is 1. The van der Waals surface area contributed by atoms with Crippen LogP contribution in [0.4, 0.5) is 0 Å². The summed E-state index contributed by atoms with van der Waals surface area (Å²) in [6.45, 7) is 11.7. The third-order valence-electron chi connectivity index (χ3n) is 5.98. The van der Waals surface area contributed by atoms with Crippen LogP contribution in [-0.2, 0) is 0 Å². The standard InChI is InChI=1S/C21H34N4O/c1-18(2)8-12-24-13-15-25(16-14-24)21(9-6-11-23(3)17-21)20(26)19-7-4-5-10-22-19/h4-5,7,10,18H,6,8-9,11-17H2,1-3H3. The number of carbonyl (C=O) groups is 1. The number of piperidine rings is 1. The second kappa shape index (κ2) is 8.59. The van der Waals surface area contributed by atoms with E-state index in [9.17, 15) is 4.79 Å². The monoisotopic (exact) mass is 358 g/mol. The fourth-order valence-electron chi connectivity index (χ4n) is 4.41. The van der Waals surface area contributed by atoms with Gasteiger partial charge in [-0.25, -0.2) is 0 Å². The lowest BCUT2D eigenvalue weighted by atomic mass is 9.81. The molecule has 2 fully saturated rings. The first-order valence-corrected chi connectivity index (χ1v) is 10.1. The van der Waals surface area contributed by atoms with Crippen molar-refractivity contribution in [2.45, 2.75) is 38.6 Å². The minimum absolute atomic E-state index is 0.209. The average molecular weight is 359 g/mol. The number of aromatic nitrogens is 1. The van der Waals surface area contributed by atoms with Crippen molar-refractivity contribution in [2.75, 3.05) is 52.9 Å². The zero-order chi connectivity index (χ0) is 18.6. The van der Waals surface area contributed by atoms with Crippen LogP contribution < -0.4 is 0 Å². The van der Waals surface area contributed by atoms with Crippen LogP contribution in [0.15, 0.2) is 24.4 Å². The number of nitrogens with zero attached hydrogens (tertiary/aromatic N) is 4. The Balaban J connectivity index is 1.74. The van der Waals surface area contributed by atoms with Gasteiger partial charge in [-0.15, -0.1) is 0 Å². The lowest BCUT2D eigenvalue weighted by Crippen LogP contribution is -2.66. The Morgan fingerprint density at radius 2 is 1.96 bits per heavy atom. The molecule has 1 atom stereocenters. The molecular formula is C21H34N4O. The Morgan fingerprint density at radius 1 is 1.19 bits per heavy atom. The topological polar surface area (TPSA) is 39.7 Å². The largest absolute Gasteiger partial charge is 0.304 e. The van der Waals surface area contributed by atoms with Gasteiger partial charge >= 0.3 is 0 Å². The van der Waals surface area contributed by atoms with Gasteiger partial charge in [0.2, 0.25) is 5.78 Å². The molecule has 0 aliphatic carbocycles. The second-order valence-electron chi connectivity index (χ2n) is 8.43. The van der Waals surface area contributed by atoms with Crippen LogP contribution in [0, 0.1) is 5.92 Å². The molecule has 1 unspecified atom stereocenters. The number of hydrogen-bond donors (Lipinski definition) is 0. The summed E-state index contributed by atoms with van der Waals surface area (Å²) in [5, 5.41) is 0. The van der Waals surface area contributed by atoms with E-state index in [0.29, 0.717) is 5.69 Å². The summed E-state index contributed by atoms with van der Waals surface area (Å²) in [5.74, 6) is 0.956. The van der Waals surface area contributed by atoms with E-state index in [4.69, 9.17) is 0 Å². The minimum Gasteiger partial charge on any atom is -0.304 e. The molecule has 2 aliphatic rings. The first kappa shape index (κ1) is 19.5. The van der Waals surface area contributed by atoms with Gasteiger partial charge in [0.05, 0.1) is 5.54 Å². The highest BCUT2D eigenvalue weighted by molar-refractivity contribution is 6.02. The highest BCUT2D eigenvalue weighted by atomic mass is 16.1. The molecule has 144 valence electrons. The van der Waals surface area contributed by atoms with Crippen molar-refractivity contribution in [3.63, 3.8) is 0 Å². The normalized spacial score (nSPS) is 26.3. The van der Waals surface area contributed by atoms with Gasteiger partial charge in [0, 0.05) is 38.9 Å². The highest BCUT2D eigenvalue weighted by Gasteiger charge is 2.47. The van der Waals surface area contributed by atoms with Crippen molar-refractivity contribution in [1.82, 2.24) is 19.7 Å². The zero-order valence-corrected chi connectivity index (χ0v) is 16.7. The zero-order valence-electron chi connectivity index (χ0n) is 16.7. The van der Waals surface area contributed by atoms with Gasteiger partial charge in [-0.3, -0.25) is 14.7 Å². The molecule has 0 N–H and O–H groups in total. The molecule has 26 heavy (non-hydrogen) atoms. The quantitative estimate of drug-likeness (QED) is 0.730. The maximum Gasteiger partial charge on any atom is 0.202 e. The Hall–Kier alpha value is -1.30. The summed E-state index contributed by atoms with van der Waals surface area (Å²) in [5.41, 5.74) is 0.205. The molecule has 0 bridgehead atoms. The molecule has 0 amide bonds. The lowest BCUT2D eigenvalue weighted by Gasteiger charge is -2.50. The first-order chi connectivity index (χ1) is 12.5. The van der Waals surface area contributed by atoms with Gasteiger partial charge in [0.25, 0.3) is 0 Å². The van der Waals surface area contributed by atoms with Crippen LogP contribution in [0.25, 0.3) is 0 Å². The molecular weight excluding hydrogens is 324 g/mol. The van der Waals surface area contributed by atoms with Gasteiger partial charge in [-0.1, -0.05) is 19.9 Å². The van der Waals surface area contributed by atoms with E-state index in [1.165, 1.54) is 13.0 Å². The van der Waals surface area contributed by atoms with E-state index in [0.717, 1.165) is 58.0 Å². The summed E-state index contributed by atoms with van der Waals surface area (Å²) in [7, 11) is 2.14. The second-order valence-corrected chi connectivity index (χ2v) is 8.43. The molecule has 0 aromatic carbocycles. The maximum atomic E-state index is 13.5. The van der Waals surface area contributed by atoms with Crippen LogP contribution in [0.1, 0.15) is 43.6 Å². The fourth-order valence-corrected chi connectivity index (χ4v) is 4.41. The SMILES string of the molecule is CC(C)CCN1CCN(C2(C(=O)c3ccccn3)CCCN(C)C2)CC1. The number of carbonyl (C=O) groups excluding carboxylic acids is 1. The van der Waals surface area contributed by atoms with Gasteiger partial charge in [0.15, 0.2) is 0 Å². The lowest BCUT2D eigenvalue weighted by molar-refractivity contribution is -0.00329. The Bertz CT molecular complexity index is 583. The molecule has 0 radical (unpaired) electrons. The van der Waals surface area contributed by atoms with Crippen molar-refractivity contribution in [2.24, 2.45) is 5.92 Å². The Kier molecular flexibility index (Phi) is 6.43. The summed E-state index contributed by atoms with van der Waals surface area (Å²) < 4.78 is 0. The third kappa shape index (κ3) is 4.33. The van der Waals surface area contributed by atoms with Gasteiger partial charge in [-0.2, -0.15) is 0 Å². The number of likely N-dealkylation sites (tertiary alicyclic amines) is 1. The Morgan fingerprint density at radius 3 is 2.58 bits per heavy atom. The predicted octanol–water partition coefficient (Wildman–Crippen LogP) is 2.39. The molecule has 5 heteroatoms. The molecule has 3 heterocycles. The van der Waals surface area contributed by atoms with Gasteiger partial charge in [0.1, 0.15) is 5.69 Å². The van der Waals surface area contributed by atoms with Crippen molar-refractivity contribution in [3.05, 3.63) is 30.1 Å². The van der Waals surface area contributed by atoms with Gasteiger partial charge < -0.3 is 9.80 Å². The summed E-state index contributed by atoms with van der Waals surface area (Å²) in [6, 6.07) is 5.67.